The molecule has 1 aliphatic carbocycles. The largest absolute Gasteiger partial charge is 1.00 e. The second-order valence-corrected chi connectivity index (χ2v) is 9.57. The van der Waals surface area contributed by atoms with Gasteiger partial charge >= 0.3 is 33.2 Å². The standard InChI is InChI=1S/C13H27P.CH4P.2ClH.Ti/c1-4-8-13(9-5-2)10-6-7-12(11-13)14-3;1-2;;;/h12,14H,4-11H2,1-3H3;2H,1H3;2*1H;/q;-1;;;+3/p-2. The topological polar surface area (TPSA) is 0 Å². The summed E-state index contributed by atoms with van der Waals surface area (Å²) < 4.78 is 0. The van der Waals surface area contributed by atoms with Crippen LogP contribution in [0.3, 0.4) is 0 Å². The van der Waals surface area contributed by atoms with Gasteiger partial charge in [0.15, 0.2) is 0 Å². The molecule has 1 saturated carbocycles. The maximum atomic E-state index is 2.40. The van der Waals surface area contributed by atoms with Crippen LogP contribution in [0.25, 0.3) is 0 Å². The second kappa shape index (κ2) is 16.5. The zero-order valence-corrected chi connectivity index (χ0v) is 18.1. The Bertz CT molecular complexity index is 171. The maximum absolute atomic E-state index is 2.40. The molecule has 0 radical (unpaired) electrons. The van der Waals surface area contributed by atoms with Crippen LogP contribution in [-0.2, 0) is 19.9 Å². The first kappa shape index (κ1) is 26.1. The van der Waals surface area contributed by atoms with Gasteiger partial charge < -0.3 is 24.8 Å². The Morgan fingerprint density at radius 3 is 1.95 bits per heavy atom. The van der Waals surface area contributed by atoms with Gasteiger partial charge in [0, 0.05) is 0 Å². The van der Waals surface area contributed by atoms with E-state index >= 15 is 0 Å². The Labute approximate surface area is 149 Å². The normalized spacial score (nSPS) is 21.7. The van der Waals surface area contributed by atoms with E-state index in [1.165, 1.54) is 53.5 Å². The molecule has 0 nitrogen and oxygen atoms in total. The molecular weight excluding hydrogens is 349 g/mol. The van der Waals surface area contributed by atoms with Gasteiger partial charge in [0.2, 0.25) is 0 Å². The first-order valence-corrected chi connectivity index (χ1v) is 12.6. The minimum absolute atomic E-state index is 0. The van der Waals surface area contributed by atoms with Crippen molar-refractivity contribution < 1.29 is 44.7 Å². The summed E-state index contributed by atoms with van der Waals surface area (Å²) >= 11 is 2.15. The van der Waals surface area contributed by atoms with E-state index in [-0.39, 0.29) is 24.8 Å². The van der Waals surface area contributed by atoms with E-state index in [2.05, 4.69) is 47.1 Å². The monoisotopic (exact) mass is 379 g/mol. The first-order valence-electron chi connectivity index (χ1n) is 7.18. The molecule has 115 valence electrons. The average molecular weight is 380 g/mol. The third-order valence-corrected chi connectivity index (χ3v) is 5.22. The van der Waals surface area contributed by atoms with Crippen LogP contribution in [0.2, 0.25) is 0 Å². The Hall–Kier alpha value is 2.15. The Kier molecular flexibility index (Phi) is 22.7. The van der Waals surface area contributed by atoms with Crippen LogP contribution in [0.4, 0.5) is 0 Å². The van der Waals surface area contributed by atoms with Crippen molar-refractivity contribution in [2.75, 3.05) is 13.3 Å². The quantitative estimate of drug-likeness (QED) is 0.450. The molecule has 0 aromatic carbocycles. The van der Waals surface area contributed by atoms with Crippen molar-refractivity contribution in [3.05, 3.63) is 0 Å². The molecule has 19 heavy (non-hydrogen) atoms. The van der Waals surface area contributed by atoms with Crippen LogP contribution < -0.4 is 24.8 Å². The van der Waals surface area contributed by atoms with E-state index in [0.717, 1.165) is 17.6 Å². The van der Waals surface area contributed by atoms with Crippen molar-refractivity contribution in [2.45, 2.75) is 70.9 Å². The van der Waals surface area contributed by atoms with Crippen LogP contribution in [0.5, 0.6) is 0 Å². The predicted molar refractivity (Wildman–Crippen MR) is 83.0 cm³/mol. The summed E-state index contributed by atoms with van der Waals surface area (Å²) in [5.74, 6) is 0. The number of rotatable bonds is 5. The third kappa shape index (κ3) is 11.4. The van der Waals surface area contributed by atoms with Crippen LogP contribution in [-0.4, -0.2) is 19.0 Å². The van der Waals surface area contributed by atoms with Crippen molar-refractivity contribution in [2.24, 2.45) is 5.41 Å². The molecule has 0 saturated heterocycles. The van der Waals surface area contributed by atoms with Gasteiger partial charge in [-0.05, 0) is 49.8 Å². The summed E-state index contributed by atoms with van der Waals surface area (Å²) in [6, 6.07) is 0. The maximum Gasteiger partial charge on any atom is -1.00 e. The summed E-state index contributed by atoms with van der Waals surface area (Å²) in [6.07, 6.45) is 11.8. The Morgan fingerprint density at radius 1 is 1.11 bits per heavy atom. The molecule has 0 amide bonds. The molecule has 5 heteroatoms. The minimum atomic E-state index is 0. The molecule has 0 bridgehead atoms. The van der Waals surface area contributed by atoms with Crippen LogP contribution >= 0.6 is 15.2 Å². The predicted octanol–water partition coefficient (Wildman–Crippen LogP) is -0.412. The van der Waals surface area contributed by atoms with Gasteiger partial charge in [-0.15, -0.1) is 8.58 Å². The van der Waals surface area contributed by atoms with E-state index in [1.54, 1.807) is 6.42 Å². The average Bonchev–Trinajstić information content (AvgIpc) is 2.31. The molecule has 3 unspecified atom stereocenters. The van der Waals surface area contributed by atoms with Crippen LogP contribution in [0.15, 0.2) is 0 Å². The molecule has 1 rings (SSSR count). The summed E-state index contributed by atoms with van der Waals surface area (Å²) in [5, 5.41) is 0. The van der Waals surface area contributed by atoms with E-state index in [4.69, 9.17) is 0 Å². The van der Waals surface area contributed by atoms with Gasteiger partial charge in [0.1, 0.15) is 0 Å². The second-order valence-electron chi connectivity index (χ2n) is 5.33. The van der Waals surface area contributed by atoms with Gasteiger partial charge in [-0.3, -0.25) is 0 Å². The van der Waals surface area contributed by atoms with E-state index < -0.39 is 0 Å². The summed E-state index contributed by atoms with van der Waals surface area (Å²) in [4.78, 5) is 0. The van der Waals surface area contributed by atoms with Gasteiger partial charge in [-0.1, -0.05) is 33.1 Å². The Morgan fingerprint density at radius 2 is 1.58 bits per heavy atom. The number of hydrogen-bond acceptors (Lipinski definition) is 0. The summed E-state index contributed by atoms with van der Waals surface area (Å²) in [6.45, 7) is 10.4. The summed E-state index contributed by atoms with van der Waals surface area (Å²) in [7, 11) is 1.18. The Balaban J connectivity index is -0.000000468. The smallest absolute Gasteiger partial charge is 1.00 e. The molecule has 0 heterocycles. The van der Waals surface area contributed by atoms with E-state index in [1.807, 2.05) is 0 Å². The third-order valence-electron chi connectivity index (χ3n) is 3.91. The molecule has 1 aliphatic rings. The van der Waals surface area contributed by atoms with Crippen LogP contribution in [0, 0.1) is 5.41 Å². The van der Waals surface area contributed by atoms with Gasteiger partial charge in [-0.2, -0.15) is 0 Å². The minimum Gasteiger partial charge on any atom is -1.00 e. The van der Waals surface area contributed by atoms with E-state index in [0.29, 0.717) is 0 Å². The zero-order valence-electron chi connectivity index (χ0n) is 13.0. The molecule has 3 atom stereocenters. The molecule has 0 spiro atoms. The van der Waals surface area contributed by atoms with Crippen molar-refractivity contribution in [1.82, 2.24) is 0 Å². The van der Waals surface area contributed by atoms with Gasteiger partial charge in [-0.25, -0.2) is 0 Å². The molecule has 1 fully saturated rings. The fraction of sp³-hybridized carbons (Fsp3) is 1.00. The van der Waals surface area contributed by atoms with Crippen LogP contribution in [0.1, 0.15) is 65.2 Å². The number of halogens is 2. The van der Waals surface area contributed by atoms with Crippen molar-refractivity contribution >= 4 is 15.2 Å². The van der Waals surface area contributed by atoms with Crippen molar-refractivity contribution in [3.8, 4) is 0 Å². The summed E-state index contributed by atoms with van der Waals surface area (Å²) in [5.41, 5.74) is 1.83. The van der Waals surface area contributed by atoms with Crippen molar-refractivity contribution in [1.29, 1.82) is 0 Å². The zero-order chi connectivity index (χ0) is 13.1. The molecule has 0 aromatic heterocycles. The van der Waals surface area contributed by atoms with Gasteiger partial charge in [0.25, 0.3) is 0 Å². The number of hydrogen-bond donors (Lipinski definition) is 0. The first-order chi connectivity index (χ1) is 8.17. The fourth-order valence-corrected chi connectivity index (χ4v) is 4.47. The fourth-order valence-electron chi connectivity index (χ4n) is 3.34. The molecular formula is C14H31Cl2P2Ti. The SMILES string of the molecule is CCCC1(CCC)CCCC(PC)C1.C[PH][Ti+2].[Cl-].[Cl-]. The van der Waals surface area contributed by atoms with E-state index in [9.17, 15) is 0 Å². The van der Waals surface area contributed by atoms with Gasteiger partial charge in [0.05, 0.1) is 0 Å². The molecule has 0 N–H and O–H groups in total. The molecule has 0 aliphatic heterocycles. The molecule has 0 aromatic rings. The van der Waals surface area contributed by atoms with Crippen molar-refractivity contribution in [3.63, 3.8) is 0 Å².